The molecule has 2 aromatic carbocycles. The van der Waals surface area contributed by atoms with E-state index in [0.717, 1.165) is 70.2 Å². The van der Waals surface area contributed by atoms with Crippen LogP contribution < -0.4 is 30.1 Å². The number of likely N-dealkylation sites (tertiary alicyclic amines) is 2. The van der Waals surface area contributed by atoms with Crippen molar-refractivity contribution < 1.29 is 37.1 Å². The van der Waals surface area contributed by atoms with Gasteiger partial charge in [-0.2, -0.15) is 13.2 Å². The normalized spacial score (nSPS) is 20.2. The average Bonchev–Trinajstić information content (AvgIpc) is 3.25. The highest BCUT2D eigenvalue weighted by Crippen LogP contribution is 2.43. The minimum Gasteiger partial charge on any atom is -0.495 e. The molecule has 5 aliphatic heterocycles. The number of aromatic nitrogens is 1. The van der Waals surface area contributed by atoms with Crippen LogP contribution in [0.4, 0.5) is 46.5 Å². The molecule has 8 rings (SSSR count). The molecule has 0 radical (unpaired) electrons. The predicted molar refractivity (Wildman–Crippen MR) is 223 cm³/mol. The molecule has 0 bridgehead atoms. The molecule has 0 atom stereocenters. The first-order chi connectivity index (χ1) is 29.3. The first-order valence-corrected chi connectivity index (χ1v) is 21.0. The Bertz CT molecular complexity index is 2180. The van der Waals surface area contributed by atoms with E-state index in [1.165, 1.54) is 24.1 Å². The zero-order valence-electron chi connectivity index (χ0n) is 34.2. The summed E-state index contributed by atoms with van der Waals surface area (Å²) in [6.07, 6.45) is 2.57. The lowest BCUT2D eigenvalue weighted by Crippen LogP contribution is -2.62. The van der Waals surface area contributed by atoms with Gasteiger partial charge in [0.05, 0.1) is 36.8 Å². The van der Waals surface area contributed by atoms with Crippen LogP contribution in [0.1, 0.15) is 60.9 Å². The Labute approximate surface area is 352 Å². The number of pyridine rings is 1. The summed E-state index contributed by atoms with van der Waals surface area (Å²) >= 11 is 0. The summed E-state index contributed by atoms with van der Waals surface area (Å²) in [7, 11) is 1.51. The molecule has 5 amide bonds. The number of amides is 5. The number of halogens is 3. The van der Waals surface area contributed by atoms with Crippen LogP contribution >= 0.6 is 0 Å². The number of nitrogens with one attached hydrogen (secondary N) is 2. The molecule has 1 aromatic heterocycles. The number of carbonyl (C=O) groups excluding carboxylic acids is 4. The quantitative estimate of drug-likeness (QED) is 0.234. The van der Waals surface area contributed by atoms with Gasteiger partial charge in [-0.15, -0.1) is 0 Å². The number of urea groups is 1. The summed E-state index contributed by atoms with van der Waals surface area (Å²) in [5.41, 5.74) is 1.13. The van der Waals surface area contributed by atoms with Crippen molar-refractivity contribution >= 4 is 52.3 Å². The van der Waals surface area contributed by atoms with Crippen molar-refractivity contribution in [2.75, 3.05) is 92.6 Å². The van der Waals surface area contributed by atoms with Gasteiger partial charge in [0.2, 0.25) is 11.8 Å². The van der Waals surface area contributed by atoms with Crippen LogP contribution in [0.3, 0.4) is 0 Å². The first-order valence-electron chi connectivity index (χ1n) is 21.0. The number of benzene rings is 2. The van der Waals surface area contributed by atoms with E-state index in [9.17, 15) is 32.3 Å². The van der Waals surface area contributed by atoms with Gasteiger partial charge in [-0.05, 0) is 100.0 Å². The largest absolute Gasteiger partial charge is 0.495 e. The van der Waals surface area contributed by atoms with Crippen LogP contribution in [0.2, 0.25) is 0 Å². The highest BCUT2D eigenvalue weighted by molar-refractivity contribution is 6.07. The second-order valence-electron chi connectivity index (χ2n) is 17.0. The summed E-state index contributed by atoms with van der Waals surface area (Å²) in [5, 5.41) is 5.25. The second-order valence-corrected chi connectivity index (χ2v) is 17.0. The molecule has 5 fully saturated rings. The van der Waals surface area contributed by atoms with E-state index in [0.29, 0.717) is 73.4 Å². The van der Waals surface area contributed by atoms with Gasteiger partial charge in [0.25, 0.3) is 5.91 Å². The topological polar surface area (TPSA) is 135 Å². The zero-order chi connectivity index (χ0) is 42.9. The van der Waals surface area contributed by atoms with Gasteiger partial charge in [0.1, 0.15) is 11.6 Å². The van der Waals surface area contributed by atoms with Gasteiger partial charge in [-0.25, -0.2) is 14.6 Å². The van der Waals surface area contributed by atoms with E-state index >= 15 is 0 Å². The molecule has 6 heterocycles. The Hall–Kier alpha value is -5.89. The minimum absolute atomic E-state index is 0.0701. The highest BCUT2D eigenvalue weighted by atomic mass is 19.4. The molecule has 5 saturated heterocycles. The summed E-state index contributed by atoms with van der Waals surface area (Å²) in [4.78, 5) is 68.4. The van der Waals surface area contributed by atoms with Gasteiger partial charge < -0.3 is 29.7 Å². The van der Waals surface area contributed by atoms with E-state index < -0.39 is 23.5 Å². The third-order valence-corrected chi connectivity index (χ3v) is 13.2. The fourth-order valence-electron chi connectivity index (χ4n) is 9.50. The standard InChI is InChI=1S/C44H50F3N9O5/c1-48-35-6-4-32(24-34(35)44(45,46)47)53-18-11-30(12-19-53)40(58)50-38-8-5-33(25-49-38)54-16-9-29(10-17-54)26-52-21-14-43(15-22-52)27-55(28-43)41(59)31-3-7-37(61-2)36(23-31)56-20-13-39(57)51-42(56)60/h3-8,23-25,29-30H,9-22,26-28H2,2H3,(H,49,50,58)(H,51,57,60). The van der Waals surface area contributed by atoms with Crippen molar-refractivity contribution in [1.29, 1.82) is 0 Å². The number of imide groups is 1. The number of methoxy groups -OCH3 is 1. The predicted octanol–water partition coefficient (Wildman–Crippen LogP) is 6.42. The van der Waals surface area contributed by atoms with Crippen molar-refractivity contribution in [3.63, 3.8) is 0 Å². The number of hydrogen-bond donors (Lipinski definition) is 2. The molecular formula is C44H50F3N9O5. The van der Waals surface area contributed by atoms with Crippen LogP contribution in [-0.2, 0) is 15.8 Å². The van der Waals surface area contributed by atoms with Crippen LogP contribution in [0.5, 0.6) is 5.75 Å². The zero-order valence-corrected chi connectivity index (χ0v) is 34.2. The molecular weight excluding hydrogens is 792 g/mol. The van der Waals surface area contributed by atoms with Crippen molar-refractivity contribution in [2.45, 2.75) is 51.1 Å². The third kappa shape index (κ3) is 9.09. The van der Waals surface area contributed by atoms with Crippen molar-refractivity contribution in [1.82, 2.24) is 20.1 Å². The van der Waals surface area contributed by atoms with Crippen molar-refractivity contribution in [2.24, 2.45) is 17.3 Å². The van der Waals surface area contributed by atoms with Gasteiger partial charge >= 0.3 is 12.2 Å². The number of carbonyl (C=O) groups is 4. The number of nitrogens with zero attached hydrogens (tertiary/aromatic N) is 7. The van der Waals surface area contributed by atoms with E-state index in [1.54, 1.807) is 24.4 Å². The smallest absolute Gasteiger partial charge is 0.407 e. The Morgan fingerprint density at radius 3 is 2.25 bits per heavy atom. The molecule has 0 aliphatic carbocycles. The van der Waals surface area contributed by atoms with Crippen LogP contribution in [0.15, 0.2) is 54.7 Å². The lowest BCUT2D eigenvalue weighted by Gasteiger charge is -2.54. The van der Waals surface area contributed by atoms with E-state index in [4.69, 9.17) is 11.3 Å². The maximum Gasteiger partial charge on any atom is 0.407 e. The molecule has 0 unspecified atom stereocenters. The second kappa shape index (κ2) is 17.2. The molecule has 61 heavy (non-hydrogen) atoms. The van der Waals surface area contributed by atoms with E-state index in [1.807, 2.05) is 21.9 Å². The van der Waals surface area contributed by atoms with Crippen LogP contribution in [0, 0.1) is 23.8 Å². The first kappa shape index (κ1) is 41.8. The fraction of sp³-hybridized carbons (Fsp3) is 0.500. The Kier molecular flexibility index (Phi) is 11.8. The molecule has 5 aliphatic rings. The number of rotatable bonds is 9. The monoisotopic (exact) mass is 841 g/mol. The van der Waals surface area contributed by atoms with Crippen LogP contribution in [0.25, 0.3) is 4.85 Å². The lowest BCUT2D eigenvalue weighted by molar-refractivity contribution is -0.136. The summed E-state index contributed by atoms with van der Waals surface area (Å²) in [6, 6.07) is 12.1. The van der Waals surface area contributed by atoms with Gasteiger partial charge in [-0.1, -0.05) is 6.07 Å². The molecule has 0 saturated carbocycles. The summed E-state index contributed by atoms with van der Waals surface area (Å²) in [5.74, 6) is 0.692. The van der Waals surface area contributed by atoms with E-state index in [2.05, 4.69) is 30.3 Å². The van der Waals surface area contributed by atoms with Crippen molar-refractivity contribution in [3.8, 4) is 5.75 Å². The molecule has 3 aromatic rings. The highest BCUT2D eigenvalue weighted by Gasteiger charge is 2.47. The maximum atomic E-state index is 13.5. The molecule has 17 heteroatoms. The molecule has 2 N–H and O–H groups in total. The Balaban J connectivity index is 0.746. The molecule has 14 nitrogen and oxygen atoms in total. The molecule has 1 spiro atoms. The summed E-state index contributed by atoms with van der Waals surface area (Å²) < 4.78 is 45.9. The minimum atomic E-state index is -4.61. The Morgan fingerprint density at radius 2 is 1.61 bits per heavy atom. The maximum absolute atomic E-state index is 13.5. The Morgan fingerprint density at radius 1 is 0.918 bits per heavy atom. The van der Waals surface area contributed by atoms with Crippen LogP contribution in [-0.4, -0.2) is 111 Å². The number of hydrogen-bond acceptors (Lipinski definition) is 9. The fourth-order valence-corrected chi connectivity index (χ4v) is 9.50. The van der Waals surface area contributed by atoms with Crippen molar-refractivity contribution in [3.05, 3.63) is 77.3 Å². The number of ether oxygens (including phenoxy) is 1. The average molecular weight is 842 g/mol. The van der Waals surface area contributed by atoms with E-state index in [-0.39, 0.29) is 42.0 Å². The van der Waals surface area contributed by atoms with Gasteiger partial charge in [0, 0.05) is 81.4 Å². The lowest BCUT2D eigenvalue weighted by atomic mass is 9.71. The van der Waals surface area contributed by atoms with Gasteiger partial charge in [-0.3, -0.25) is 24.6 Å². The SMILES string of the molecule is [C-]#[N+]c1ccc(N2CCC(C(=O)Nc3ccc(N4CCC(CN5CCC6(CC5)CN(C(=O)c5ccc(OC)c(N7CCC(=O)NC7=O)c5)C6)CC4)cn3)CC2)cc1C(F)(F)F. The number of piperidine rings is 3. The number of anilines is 4. The van der Waals surface area contributed by atoms with Gasteiger partial charge in [0.15, 0.2) is 5.69 Å². The number of alkyl halides is 3. The summed E-state index contributed by atoms with van der Waals surface area (Å²) in [6.45, 7) is 14.5. The molecule has 322 valence electrons. The third-order valence-electron chi connectivity index (χ3n) is 13.2.